The van der Waals surface area contributed by atoms with Gasteiger partial charge < -0.3 is 15.7 Å². The molecule has 2 aromatic carbocycles. The van der Waals surface area contributed by atoms with Gasteiger partial charge in [0.15, 0.2) is 6.04 Å². The molecule has 0 amide bonds. The Balaban J connectivity index is 1.83. The Labute approximate surface area is 176 Å². The summed E-state index contributed by atoms with van der Waals surface area (Å²) < 4.78 is 23.3. The first-order valence-electron chi connectivity index (χ1n) is 9.90. The molecule has 2 aromatic rings. The first-order chi connectivity index (χ1) is 14.3. The van der Waals surface area contributed by atoms with E-state index >= 15 is 0 Å². The predicted octanol–water partition coefficient (Wildman–Crippen LogP) is 3.35. The number of hydrogen-bond donors (Lipinski definition) is 3. The summed E-state index contributed by atoms with van der Waals surface area (Å²) in [6.45, 7) is 2.00. The van der Waals surface area contributed by atoms with Crippen LogP contribution < -0.4 is 10.6 Å². The molecule has 0 radical (unpaired) electrons. The molecule has 3 N–H and O–H groups in total. The molecule has 3 rings (SSSR count). The average molecular weight is 428 g/mol. The number of carbonyl (C=O) groups is 1. The quantitative estimate of drug-likeness (QED) is 0.620. The Bertz CT molecular complexity index is 1040. The van der Waals surface area contributed by atoms with Crippen molar-refractivity contribution in [2.45, 2.75) is 38.3 Å². The zero-order valence-corrected chi connectivity index (χ0v) is 17.6. The van der Waals surface area contributed by atoms with Crippen molar-refractivity contribution in [2.24, 2.45) is 0 Å². The minimum Gasteiger partial charge on any atom is -0.479 e. The van der Waals surface area contributed by atoms with E-state index in [-0.39, 0.29) is 17.5 Å². The van der Waals surface area contributed by atoms with Crippen molar-refractivity contribution in [3.8, 4) is 6.07 Å². The van der Waals surface area contributed by atoms with Gasteiger partial charge in [0.1, 0.15) is 9.84 Å². The smallest absolute Gasteiger partial charge is 0.330 e. The Morgan fingerprint density at radius 3 is 2.40 bits per heavy atom. The first kappa shape index (κ1) is 21.7. The molecular weight excluding hydrogens is 402 g/mol. The van der Waals surface area contributed by atoms with E-state index < -0.39 is 21.8 Å². The Kier molecular flexibility index (Phi) is 6.63. The molecule has 1 atom stereocenters. The number of aliphatic carboxylic acids is 1. The van der Waals surface area contributed by atoms with E-state index in [1.165, 1.54) is 0 Å². The number of anilines is 2. The van der Waals surface area contributed by atoms with E-state index in [0.29, 0.717) is 29.7 Å². The lowest BCUT2D eigenvalue weighted by Crippen LogP contribution is -2.32. The van der Waals surface area contributed by atoms with E-state index in [4.69, 9.17) is 5.26 Å². The largest absolute Gasteiger partial charge is 0.479 e. The predicted molar refractivity (Wildman–Crippen MR) is 116 cm³/mol. The van der Waals surface area contributed by atoms with Gasteiger partial charge in [0.2, 0.25) is 0 Å². The van der Waals surface area contributed by atoms with Crippen LogP contribution in [0.25, 0.3) is 0 Å². The van der Waals surface area contributed by atoms with E-state index in [1.807, 2.05) is 25.1 Å². The topological polar surface area (TPSA) is 119 Å². The van der Waals surface area contributed by atoms with E-state index in [2.05, 4.69) is 10.6 Å². The van der Waals surface area contributed by atoms with Crippen molar-refractivity contribution >= 4 is 27.2 Å². The summed E-state index contributed by atoms with van der Waals surface area (Å²) in [5, 5.41) is 25.2. The Hall–Kier alpha value is -3.05. The minimum atomic E-state index is -2.94. The summed E-state index contributed by atoms with van der Waals surface area (Å²) in [7, 11) is -2.94. The van der Waals surface area contributed by atoms with Gasteiger partial charge in [-0.05, 0) is 66.8 Å². The third-order valence-electron chi connectivity index (χ3n) is 5.25. The molecule has 8 heteroatoms. The molecule has 0 spiro atoms. The molecular formula is C22H25N3O4S. The summed E-state index contributed by atoms with van der Waals surface area (Å²) in [6, 6.07) is 13.4. The third kappa shape index (κ3) is 5.51. The van der Waals surface area contributed by atoms with Crippen LogP contribution in [-0.2, 0) is 21.1 Å². The lowest BCUT2D eigenvalue weighted by atomic mass is 10.00. The SMILES string of the molecule is CCc1cc(NC2CCS(=O)(=O)CC2)cc(C(Nc2ccc(C#N)cc2)C(=O)O)c1. The highest BCUT2D eigenvalue weighted by Gasteiger charge is 2.25. The summed E-state index contributed by atoms with van der Waals surface area (Å²) in [6.07, 6.45) is 1.82. The van der Waals surface area contributed by atoms with Crippen LogP contribution in [0.5, 0.6) is 0 Å². The number of sulfone groups is 1. The van der Waals surface area contributed by atoms with Crippen LogP contribution in [0, 0.1) is 11.3 Å². The number of nitrogens with zero attached hydrogens (tertiary/aromatic N) is 1. The number of rotatable bonds is 7. The maximum absolute atomic E-state index is 12.0. The van der Waals surface area contributed by atoms with Crippen LogP contribution in [0.1, 0.15) is 42.5 Å². The van der Waals surface area contributed by atoms with Gasteiger partial charge in [-0.15, -0.1) is 0 Å². The van der Waals surface area contributed by atoms with Gasteiger partial charge in [-0.2, -0.15) is 5.26 Å². The van der Waals surface area contributed by atoms with Gasteiger partial charge in [-0.3, -0.25) is 0 Å². The Morgan fingerprint density at radius 1 is 1.17 bits per heavy atom. The number of nitriles is 1. The normalized spacial score (nSPS) is 16.9. The van der Waals surface area contributed by atoms with E-state index in [0.717, 1.165) is 17.7 Å². The molecule has 7 nitrogen and oxygen atoms in total. The molecule has 1 aliphatic rings. The zero-order chi connectivity index (χ0) is 21.7. The van der Waals surface area contributed by atoms with Gasteiger partial charge in [-0.1, -0.05) is 13.0 Å². The number of hydrogen-bond acceptors (Lipinski definition) is 6. The summed E-state index contributed by atoms with van der Waals surface area (Å²) in [4.78, 5) is 12.0. The second-order valence-electron chi connectivity index (χ2n) is 7.49. The van der Waals surface area contributed by atoms with Gasteiger partial charge in [0.25, 0.3) is 0 Å². The number of carboxylic acids is 1. The first-order valence-corrected chi connectivity index (χ1v) is 11.7. The van der Waals surface area contributed by atoms with Crippen LogP contribution in [0.4, 0.5) is 11.4 Å². The van der Waals surface area contributed by atoms with Gasteiger partial charge >= 0.3 is 5.97 Å². The molecule has 1 aliphatic heterocycles. The van der Waals surface area contributed by atoms with Crippen LogP contribution in [0.15, 0.2) is 42.5 Å². The van der Waals surface area contributed by atoms with Crippen molar-refractivity contribution in [2.75, 3.05) is 22.1 Å². The zero-order valence-electron chi connectivity index (χ0n) is 16.8. The van der Waals surface area contributed by atoms with Crippen LogP contribution in [-0.4, -0.2) is 37.0 Å². The molecule has 1 fully saturated rings. The summed E-state index contributed by atoms with van der Waals surface area (Å²) in [5.41, 5.74) is 3.50. The number of benzene rings is 2. The molecule has 0 saturated carbocycles. The van der Waals surface area contributed by atoms with E-state index in [9.17, 15) is 18.3 Å². The fraction of sp³-hybridized carbons (Fsp3) is 0.364. The van der Waals surface area contributed by atoms with Crippen molar-refractivity contribution in [3.63, 3.8) is 0 Å². The van der Waals surface area contributed by atoms with Crippen LogP contribution >= 0.6 is 0 Å². The fourth-order valence-electron chi connectivity index (χ4n) is 3.54. The molecule has 1 heterocycles. The lowest BCUT2D eigenvalue weighted by Gasteiger charge is -2.25. The monoisotopic (exact) mass is 427 g/mol. The van der Waals surface area contributed by atoms with Crippen molar-refractivity contribution in [1.82, 2.24) is 0 Å². The number of nitrogens with one attached hydrogen (secondary N) is 2. The second kappa shape index (κ2) is 9.18. The average Bonchev–Trinajstić information content (AvgIpc) is 2.73. The fourth-order valence-corrected chi connectivity index (χ4v) is 5.03. The van der Waals surface area contributed by atoms with Crippen molar-refractivity contribution in [3.05, 3.63) is 59.2 Å². The van der Waals surface area contributed by atoms with Crippen molar-refractivity contribution < 1.29 is 18.3 Å². The molecule has 1 unspecified atom stereocenters. The molecule has 0 aromatic heterocycles. The molecule has 1 saturated heterocycles. The lowest BCUT2D eigenvalue weighted by molar-refractivity contribution is -0.138. The molecule has 30 heavy (non-hydrogen) atoms. The van der Waals surface area contributed by atoms with Gasteiger partial charge in [-0.25, -0.2) is 13.2 Å². The minimum absolute atomic E-state index is 0.0447. The number of carboxylic acid groups (broad SMARTS) is 1. The highest BCUT2D eigenvalue weighted by Crippen LogP contribution is 2.27. The molecule has 0 aliphatic carbocycles. The highest BCUT2D eigenvalue weighted by molar-refractivity contribution is 7.91. The Morgan fingerprint density at radius 2 is 1.83 bits per heavy atom. The van der Waals surface area contributed by atoms with Crippen LogP contribution in [0.2, 0.25) is 0 Å². The second-order valence-corrected chi connectivity index (χ2v) is 9.80. The van der Waals surface area contributed by atoms with Crippen LogP contribution in [0.3, 0.4) is 0 Å². The van der Waals surface area contributed by atoms with Gasteiger partial charge in [0.05, 0.1) is 23.1 Å². The van der Waals surface area contributed by atoms with E-state index in [1.54, 1.807) is 30.3 Å². The third-order valence-corrected chi connectivity index (χ3v) is 6.97. The summed E-state index contributed by atoms with van der Waals surface area (Å²) in [5.74, 6) is -0.672. The maximum atomic E-state index is 12.0. The summed E-state index contributed by atoms with van der Waals surface area (Å²) >= 11 is 0. The molecule has 0 bridgehead atoms. The number of aryl methyl sites for hydroxylation is 1. The van der Waals surface area contributed by atoms with Gasteiger partial charge in [0, 0.05) is 17.4 Å². The molecule has 158 valence electrons. The maximum Gasteiger partial charge on any atom is 0.330 e. The standard InChI is InChI=1S/C22H25N3O4S/c1-2-15-11-17(13-20(12-15)24-19-7-9-30(28,29)10-8-19)21(22(26)27)25-18-5-3-16(14-23)4-6-18/h3-6,11-13,19,21,24-25H,2,7-10H2,1H3,(H,26,27). The van der Waals surface area contributed by atoms with Crippen molar-refractivity contribution in [1.29, 1.82) is 5.26 Å². The highest BCUT2D eigenvalue weighted by atomic mass is 32.2.